The van der Waals surface area contributed by atoms with E-state index in [0.29, 0.717) is 0 Å². The minimum absolute atomic E-state index is 1.03. The zero-order chi connectivity index (χ0) is 12.3. The maximum atomic E-state index is 2.41. The Hall–Kier alpha value is -0.190. The van der Waals surface area contributed by atoms with Gasteiger partial charge in [-0.25, -0.2) is 0 Å². The summed E-state index contributed by atoms with van der Waals surface area (Å²) in [6.07, 6.45) is 6.51. The Morgan fingerprint density at radius 1 is 1.29 bits per heavy atom. The molecule has 0 fully saturated rings. The van der Waals surface area contributed by atoms with Gasteiger partial charge in [0.15, 0.2) is 0 Å². The highest BCUT2D eigenvalue weighted by atomic mass is 32.2. The van der Waals surface area contributed by atoms with E-state index in [-0.39, 0.29) is 0 Å². The van der Waals surface area contributed by atoms with Gasteiger partial charge >= 0.3 is 0 Å². The number of hydrogen-bond donors (Lipinski definition) is 0. The molecule has 1 aliphatic heterocycles. The van der Waals surface area contributed by atoms with Gasteiger partial charge in [0.1, 0.15) is 0 Å². The normalized spacial score (nSPS) is 16.6. The van der Waals surface area contributed by atoms with Gasteiger partial charge in [-0.3, -0.25) is 0 Å². The zero-order valence-electron chi connectivity index (χ0n) is 10.4. The summed E-state index contributed by atoms with van der Waals surface area (Å²) in [5.41, 5.74) is 2.80. The molecule has 0 N–H and O–H groups in total. The molecule has 0 saturated carbocycles. The van der Waals surface area contributed by atoms with E-state index in [9.17, 15) is 0 Å². The summed E-state index contributed by atoms with van der Waals surface area (Å²) in [5.74, 6) is 2.12. The zero-order valence-corrected chi connectivity index (χ0v) is 12.8. The van der Waals surface area contributed by atoms with Crippen LogP contribution in [0, 0.1) is 0 Å². The summed E-state index contributed by atoms with van der Waals surface area (Å²) in [6.45, 7) is 2.12. The molecule has 0 aromatic heterocycles. The Morgan fingerprint density at radius 3 is 2.76 bits per heavy atom. The predicted molar refractivity (Wildman–Crippen MR) is 84.1 cm³/mol. The van der Waals surface area contributed by atoms with Crippen molar-refractivity contribution in [2.45, 2.75) is 17.6 Å². The molecule has 0 bridgehead atoms. The molecular weight excluding hydrogens is 266 g/mol. The minimum atomic E-state index is 1.03. The molecule has 0 radical (unpaired) electrons. The first-order chi connectivity index (χ1) is 8.30. The summed E-state index contributed by atoms with van der Waals surface area (Å²) in [6, 6.07) is 6.85. The number of allylic oxidation sites excluding steroid dienone is 1. The van der Waals surface area contributed by atoms with Crippen LogP contribution in [0.2, 0.25) is 0 Å². The lowest BCUT2D eigenvalue weighted by atomic mass is 10.2. The van der Waals surface area contributed by atoms with Gasteiger partial charge in [-0.2, -0.15) is 11.8 Å². The third-order valence-corrected chi connectivity index (χ3v) is 4.98. The molecule has 1 nitrogen and oxygen atoms in total. The van der Waals surface area contributed by atoms with Crippen molar-refractivity contribution >= 4 is 41.0 Å². The van der Waals surface area contributed by atoms with Crippen LogP contribution in [-0.4, -0.2) is 18.4 Å². The molecule has 0 unspecified atom stereocenters. The van der Waals surface area contributed by atoms with Gasteiger partial charge in [-0.15, -0.1) is 11.8 Å². The first-order valence-corrected chi connectivity index (χ1v) is 9.13. The summed E-state index contributed by atoms with van der Waals surface area (Å²) >= 11 is 5.62. The molecule has 0 aliphatic carbocycles. The van der Waals surface area contributed by atoms with Crippen LogP contribution in [0.15, 0.2) is 34.2 Å². The number of thioether (sulfide) groups is 3. The maximum absolute atomic E-state index is 2.41. The molecule has 1 aromatic rings. The van der Waals surface area contributed by atoms with E-state index in [2.05, 4.69) is 48.6 Å². The highest BCUT2D eigenvalue weighted by Crippen LogP contribution is 2.46. The molecule has 1 aliphatic rings. The van der Waals surface area contributed by atoms with Crippen LogP contribution in [0.25, 0.3) is 0 Å². The topological polar surface area (TPSA) is 3.24 Å². The molecule has 0 atom stereocenters. The summed E-state index contributed by atoms with van der Waals surface area (Å²) in [5, 5.41) is 1.36. The molecule has 0 saturated heterocycles. The standard InChI is InChI=1S/C13H17NS3/c1-4-13-14(9-16-3)11-7-10(8-15-2)5-6-12(11)17-13/h4-7H,8-9H2,1-3H3. The first-order valence-electron chi connectivity index (χ1n) is 5.52. The van der Waals surface area contributed by atoms with E-state index in [1.54, 1.807) is 0 Å². The average Bonchev–Trinajstić information content (AvgIpc) is 2.68. The van der Waals surface area contributed by atoms with Gasteiger partial charge < -0.3 is 4.90 Å². The molecule has 1 heterocycles. The van der Waals surface area contributed by atoms with Crippen molar-refractivity contribution in [3.63, 3.8) is 0 Å². The predicted octanol–water partition coefficient (Wildman–Crippen LogP) is 4.64. The molecule has 0 amide bonds. The average molecular weight is 283 g/mol. The van der Waals surface area contributed by atoms with E-state index in [4.69, 9.17) is 0 Å². The lowest BCUT2D eigenvalue weighted by molar-refractivity contribution is 1.13. The first kappa shape index (κ1) is 13.2. The van der Waals surface area contributed by atoms with Gasteiger partial charge in [-0.1, -0.05) is 23.9 Å². The fraction of sp³-hybridized carbons (Fsp3) is 0.385. The number of hydrogen-bond acceptors (Lipinski definition) is 4. The molecule has 92 valence electrons. The van der Waals surface area contributed by atoms with Crippen molar-refractivity contribution < 1.29 is 0 Å². The van der Waals surface area contributed by atoms with Crippen molar-refractivity contribution in [3.05, 3.63) is 34.9 Å². The van der Waals surface area contributed by atoms with E-state index >= 15 is 0 Å². The Balaban J connectivity index is 2.33. The van der Waals surface area contributed by atoms with Gasteiger partial charge in [0.25, 0.3) is 0 Å². The highest BCUT2D eigenvalue weighted by molar-refractivity contribution is 8.04. The summed E-state index contributed by atoms with van der Waals surface area (Å²) in [7, 11) is 0. The minimum Gasteiger partial charge on any atom is -0.325 e. The van der Waals surface area contributed by atoms with E-state index in [1.165, 1.54) is 21.2 Å². The fourth-order valence-corrected chi connectivity index (χ4v) is 4.04. The molecule has 0 spiro atoms. The van der Waals surface area contributed by atoms with Crippen LogP contribution in [-0.2, 0) is 5.75 Å². The van der Waals surface area contributed by atoms with Crippen molar-refractivity contribution in [1.82, 2.24) is 0 Å². The fourth-order valence-electron chi connectivity index (χ4n) is 1.88. The Morgan fingerprint density at radius 2 is 2.12 bits per heavy atom. The van der Waals surface area contributed by atoms with E-state index in [1.807, 2.05) is 35.3 Å². The molecule has 4 heteroatoms. The van der Waals surface area contributed by atoms with Gasteiger partial charge in [0, 0.05) is 10.6 Å². The van der Waals surface area contributed by atoms with Crippen LogP contribution in [0.4, 0.5) is 5.69 Å². The van der Waals surface area contributed by atoms with Crippen molar-refractivity contribution in [3.8, 4) is 0 Å². The highest BCUT2D eigenvalue weighted by Gasteiger charge is 2.24. The van der Waals surface area contributed by atoms with E-state index < -0.39 is 0 Å². The third-order valence-electron chi connectivity index (χ3n) is 2.61. The van der Waals surface area contributed by atoms with Gasteiger partial charge in [0.2, 0.25) is 0 Å². The molecule has 2 rings (SSSR count). The number of anilines is 1. The number of rotatable bonds is 4. The number of nitrogens with zero attached hydrogens (tertiary/aromatic N) is 1. The van der Waals surface area contributed by atoms with Crippen LogP contribution < -0.4 is 4.90 Å². The smallest absolute Gasteiger partial charge is 0.0765 e. The molecule has 1 aromatic carbocycles. The largest absolute Gasteiger partial charge is 0.325 e. The van der Waals surface area contributed by atoms with E-state index in [0.717, 1.165) is 11.6 Å². The Bertz CT molecular complexity index is 429. The van der Waals surface area contributed by atoms with Crippen LogP contribution in [0.1, 0.15) is 12.5 Å². The number of fused-ring (bicyclic) bond motifs is 1. The lowest BCUT2D eigenvalue weighted by Crippen LogP contribution is -2.16. The maximum Gasteiger partial charge on any atom is 0.0765 e. The summed E-state index contributed by atoms with van der Waals surface area (Å²) in [4.78, 5) is 3.80. The van der Waals surface area contributed by atoms with Crippen molar-refractivity contribution in [1.29, 1.82) is 0 Å². The van der Waals surface area contributed by atoms with Gasteiger partial charge in [-0.05, 0) is 37.1 Å². The second kappa shape index (κ2) is 6.12. The SMILES string of the molecule is CC=C1Sc2ccc(CSC)cc2N1CSC. The molecular formula is C13H17NS3. The van der Waals surface area contributed by atoms with Crippen LogP contribution in [0.5, 0.6) is 0 Å². The van der Waals surface area contributed by atoms with Crippen molar-refractivity contribution in [2.24, 2.45) is 0 Å². The third kappa shape index (κ3) is 2.80. The lowest BCUT2D eigenvalue weighted by Gasteiger charge is -2.19. The Kier molecular flexibility index (Phi) is 4.77. The molecule has 17 heavy (non-hydrogen) atoms. The summed E-state index contributed by atoms with van der Waals surface area (Å²) < 4.78 is 0. The monoisotopic (exact) mass is 283 g/mol. The Labute approximate surface area is 116 Å². The van der Waals surface area contributed by atoms with Crippen LogP contribution in [0.3, 0.4) is 0 Å². The number of benzene rings is 1. The second-order valence-corrected chi connectivity index (χ2v) is 6.57. The van der Waals surface area contributed by atoms with Crippen molar-refractivity contribution in [2.75, 3.05) is 23.3 Å². The second-order valence-electron chi connectivity index (χ2n) is 3.81. The van der Waals surface area contributed by atoms with Gasteiger partial charge in [0.05, 0.1) is 16.6 Å². The van der Waals surface area contributed by atoms with Crippen LogP contribution >= 0.6 is 35.3 Å². The quantitative estimate of drug-likeness (QED) is 0.791.